The summed E-state index contributed by atoms with van der Waals surface area (Å²) in [6, 6.07) is 1.19. The van der Waals surface area contributed by atoms with Crippen molar-refractivity contribution in [3.05, 3.63) is 17.0 Å². The van der Waals surface area contributed by atoms with Gasteiger partial charge in [-0.05, 0) is 24.8 Å². The van der Waals surface area contributed by atoms with Gasteiger partial charge in [0.2, 0.25) is 10.0 Å². The van der Waals surface area contributed by atoms with Gasteiger partial charge in [0.05, 0.1) is 5.56 Å². The number of aromatic carboxylic acids is 1. The van der Waals surface area contributed by atoms with Gasteiger partial charge >= 0.3 is 5.97 Å². The molecule has 5 nitrogen and oxygen atoms in total. The number of nitrogens with one attached hydrogen (secondary N) is 1. The molecule has 1 aromatic heterocycles. The van der Waals surface area contributed by atoms with E-state index in [-0.39, 0.29) is 9.77 Å². The van der Waals surface area contributed by atoms with Gasteiger partial charge < -0.3 is 5.11 Å². The molecule has 0 aliphatic heterocycles. The van der Waals surface area contributed by atoms with E-state index in [1.165, 1.54) is 24.3 Å². The average molecular weight is 289 g/mol. The van der Waals surface area contributed by atoms with E-state index in [2.05, 4.69) is 4.72 Å². The Labute approximate surface area is 110 Å². The third-order valence-electron chi connectivity index (χ3n) is 2.87. The Balaban J connectivity index is 1.89. The van der Waals surface area contributed by atoms with Crippen LogP contribution in [0.5, 0.6) is 0 Å². The van der Waals surface area contributed by atoms with E-state index in [9.17, 15) is 13.2 Å². The molecule has 1 aromatic rings. The van der Waals surface area contributed by atoms with Crippen LogP contribution in [0.15, 0.2) is 15.7 Å². The lowest BCUT2D eigenvalue weighted by molar-refractivity contribution is 0.0697. The molecule has 0 bridgehead atoms. The predicted molar refractivity (Wildman–Crippen MR) is 68.4 cm³/mol. The van der Waals surface area contributed by atoms with Gasteiger partial charge in [-0.15, -0.1) is 11.3 Å². The molecule has 7 heteroatoms. The van der Waals surface area contributed by atoms with Crippen molar-refractivity contribution in [2.24, 2.45) is 5.92 Å². The number of sulfonamides is 1. The number of hydrogen-bond donors (Lipinski definition) is 2. The van der Waals surface area contributed by atoms with E-state index in [0.29, 0.717) is 6.54 Å². The van der Waals surface area contributed by atoms with Gasteiger partial charge in [0, 0.05) is 11.9 Å². The van der Waals surface area contributed by atoms with Gasteiger partial charge in [-0.25, -0.2) is 17.9 Å². The Hall–Kier alpha value is -0.920. The summed E-state index contributed by atoms with van der Waals surface area (Å²) in [7, 11) is -3.55. The minimum atomic E-state index is -3.55. The Morgan fingerprint density at radius 2 is 2.22 bits per heavy atom. The van der Waals surface area contributed by atoms with Gasteiger partial charge in [-0.1, -0.05) is 12.8 Å². The fraction of sp³-hybridized carbons (Fsp3) is 0.545. The van der Waals surface area contributed by atoms with Crippen molar-refractivity contribution in [2.75, 3.05) is 6.54 Å². The molecule has 0 atom stereocenters. The van der Waals surface area contributed by atoms with Gasteiger partial charge in [-0.3, -0.25) is 0 Å². The summed E-state index contributed by atoms with van der Waals surface area (Å²) in [5.74, 6) is -0.323. The molecule has 0 spiro atoms. The molecule has 1 heterocycles. The van der Waals surface area contributed by atoms with Crippen LogP contribution in [0, 0.1) is 5.92 Å². The molecule has 0 unspecified atom stereocenters. The van der Waals surface area contributed by atoms with Crippen molar-refractivity contribution in [1.29, 1.82) is 0 Å². The Bertz CT molecular complexity index is 531. The maximum Gasteiger partial charge on any atom is 0.336 e. The van der Waals surface area contributed by atoms with Crippen molar-refractivity contribution < 1.29 is 18.3 Å². The van der Waals surface area contributed by atoms with E-state index < -0.39 is 16.0 Å². The summed E-state index contributed by atoms with van der Waals surface area (Å²) in [4.78, 5) is 10.7. The normalized spacial score (nSPS) is 15.8. The van der Waals surface area contributed by atoms with Crippen LogP contribution < -0.4 is 4.72 Å². The number of carboxylic acid groups (broad SMARTS) is 1. The monoisotopic (exact) mass is 289 g/mol. The molecule has 0 radical (unpaired) electrons. The minimum absolute atomic E-state index is 0.0124. The first-order valence-corrected chi connectivity index (χ1v) is 8.17. The zero-order valence-corrected chi connectivity index (χ0v) is 11.4. The second-order valence-electron chi connectivity index (χ2n) is 4.44. The molecule has 2 rings (SSSR count). The molecule has 0 amide bonds. The largest absolute Gasteiger partial charge is 0.478 e. The van der Waals surface area contributed by atoms with E-state index in [4.69, 9.17) is 5.11 Å². The maximum atomic E-state index is 11.8. The molecule has 18 heavy (non-hydrogen) atoms. The summed E-state index contributed by atoms with van der Waals surface area (Å²) < 4.78 is 26.2. The molecule has 1 aliphatic carbocycles. The molecule has 1 aliphatic rings. The van der Waals surface area contributed by atoms with E-state index in [1.54, 1.807) is 0 Å². The minimum Gasteiger partial charge on any atom is -0.478 e. The topological polar surface area (TPSA) is 83.5 Å². The quantitative estimate of drug-likeness (QED) is 0.751. The lowest BCUT2D eigenvalue weighted by atomic mass is 10.2. The van der Waals surface area contributed by atoms with Crippen LogP contribution in [0.2, 0.25) is 0 Å². The highest BCUT2D eigenvalue weighted by atomic mass is 32.2. The maximum absolute atomic E-state index is 11.8. The molecular formula is C11H15NO4S2. The van der Waals surface area contributed by atoms with E-state index >= 15 is 0 Å². The molecule has 100 valence electrons. The molecule has 0 aromatic carbocycles. The summed E-state index contributed by atoms with van der Waals surface area (Å²) in [5.41, 5.74) is 0.0124. The number of thiophene rings is 1. The highest BCUT2D eigenvalue weighted by Crippen LogP contribution is 2.33. The van der Waals surface area contributed by atoms with Crippen LogP contribution in [0.1, 0.15) is 36.0 Å². The Morgan fingerprint density at radius 3 is 2.78 bits per heavy atom. The fourth-order valence-electron chi connectivity index (χ4n) is 1.64. The van der Waals surface area contributed by atoms with Gasteiger partial charge in [0.1, 0.15) is 4.21 Å². The first kappa shape index (κ1) is 13.5. The number of rotatable bonds is 7. The smallest absolute Gasteiger partial charge is 0.336 e. The number of carboxylic acids is 1. The van der Waals surface area contributed by atoms with Crippen molar-refractivity contribution in [3.63, 3.8) is 0 Å². The van der Waals surface area contributed by atoms with Crippen LogP contribution in [0.25, 0.3) is 0 Å². The van der Waals surface area contributed by atoms with Gasteiger partial charge in [0.15, 0.2) is 0 Å². The van der Waals surface area contributed by atoms with Crippen LogP contribution in [-0.4, -0.2) is 26.0 Å². The van der Waals surface area contributed by atoms with Crippen LogP contribution >= 0.6 is 11.3 Å². The average Bonchev–Trinajstić information content (AvgIpc) is 2.96. The van der Waals surface area contributed by atoms with Crippen molar-refractivity contribution in [3.8, 4) is 0 Å². The van der Waals surface area contributed by atoms with Gasteiger partial charge in [-0.2, -0.15) is 0 Å². The SMILES string of the molecule is O=C(O)c1csc(S(=O)(=O)NCCCC2CC2)c1. The molecular weight excluding hydrogens is 274 g/mol. The zero-order chi connectivity index (χ0) is 13.2. The molecule has 2 N–H and O–H groups in total. The summed E-state index contributed by atoms with van der Waals surface area (Å²) in [6.07, 6.45) is 4.42. The first-order valence-electron chi connectivity index (χ1n) is 5.80. The van der Waals surface area contributed by atoms with E-state index in [1.807, 2.05) is 0 Å². The third-order valence-corrected chi connectivity index (χ3v) is 5.77. The summed E-state index contributed by atoms with van der Waals surface area (Å²) in [6.45, 7) is 0.416. The van der Waals surface area contributed by atoms with Crippen molar-refractivity contribution in [1.82, 2.24) is 4.72 Å². The predicted octanol–water partition coefficient (Wildman–Crippen LogP) is 1.91. The zero-order valence-electron chi connectivity index (χ0n) is 9.76. The fourth-order valence-corrected chi connectivity index (χ4v) is 3.92. The van der Waals surface area contributed by atoms with Crippen LogP contribution in [0.3, 0.4) is 0 Å². The second-order valence-corrected chi connectivity index (χ2v) is 7.35. The summed E-state index contributed by atoms with van der Waals surface area (Å²) >= 11 is 0.930. The number of carbonyl (C=O) groups is 1. The Morgan fingerprint density at radius 1 is 1.50 bits per heavy atom. The second kappa shape index (κ2) is 5.38. The molecule has 1 saturated carbocycles. The van der Waals surface area contributed by atoms with Crippen LogP contribution in [0.4, 0.5) is 0 Å². The summed E-state index contributed by atoms with van der Waals surface area (Å²) in [5, 5.41) is 10.1. The lowest BCUT2D eigenvalue weighted by Gasteiger charge is -2.03. The van der Waals surface area contributed by atoms with Crippen molar-refractivity contribution >= 4 is 27.3 Å². The number of hydrogen-bond acceptors (Lipinski definition) is 4. The lowest BCUT2D eigenvalue weighted by Crippen LogP contribution is -2.24. The van der Waals surface area contributed by atoms with Crippen molar-refractivity contribution in [2.45, 2.75) is 29.9 Å². The highest BCUT2D eigenvalue weighted by Gasteiger charge is 2.21. The first-order chi connectivity index (χ1) is 8.49. The standard InChI is InChI=1S/C11H15NO4S2/c13-11(14)9-6-10(17-7-9)18(15,16)12-5-1-2-8-3-4-8/h6-8,12H,1-5H2,(H,13,14). The van der Waals surface area contributed by atoms with Gasteiger partial charge in [0.25, 0.3) is 0 Å². The molecule has 1 fully saturated rings. The molecule has 0 saturated heterocycles. The Kier molecular flexibility index (Phi) is 4.04. The highest BCUT2D eigenvalue weighted by molar-refractivity contribution is 7.91. The van der Waals surface area contributed by atoms with E-state index in [0.717, 1.165) is 30.1 Å². The third kappa shape index (κ3) is 3.54. The van der Waals surface area contributed by atoms with Crippen LogP contribution in [-0.2, 0) is 10.0 Å².